The van der Waals surface area contributed by atoms with Crippen LogP contribution in [0.1, 0.15) is 53.4 Å². The van der Waals surface area contributed by atoms with Gasteiger partial charge in [-0.1, -0.05) is 26.7 Å². The zero-order valence-electron chi connectivity index (χ0n) is 13.8. The maximum absolute atomic E-state index is 5.81. The molecular formula is C16H34N2O. The molecule has 3 atom stereocenters. The molecule has 1 rings (SSSR count). The first kappa shape index (κ1) is 16.9. The maximum atomic E-state index is 5.81. The van der Waals surface area contributed by atoms with E-state index in [1.54, 1.807) is 0 Å². The molecule has 1 aliphatic heterocycles. The average Bonchev–Trinajstić information content (AvgIpc) is 2.32. The highest BCUT2D eigenvalue weighted by Gasteiger charge is 2.26. The quantitative estimate of drug-likeness (QED) is 0.770. The fraction of sp³-hybridized carbons (Fsp3) is 1.00. The van der Waals surface area contributed by atoms with E-state index in [9.17, 15) is 0 Å². The van der Waals surface area contributed by atoms with Gasteiger partial charge in [0, 0.05) is 18.6 Å². The molecule has 0 saturated carbocycles. The number of hydrogen-bond acceptors (Lipinski definition) is 3. The summed E-state index contributed by atoms with van der Waals surface area (Å²) in [5.74, 6) is 0.789. The minimum absolute atomic E-state index is 0.396. The molecule has 3 unspecified atom stereocenters. The average molecular weight is 270 g/mol. The standard InChI is InChI=1S/C16H34N2O/c1-7-14(8-2)16(18(5)6)11-17-15-9-12(3)19-13(4)10-15/h12-17H,7-11H2,1-6H3. The molecule has 0 radical (unpaired) electrons. The Balaban J connectivity index is 2.47. The van der Waals surface area contributed by atoms with Crippen LogP contribution in [0, 0.1) is 5.92 Å². The van der Waals surface area contributed by atoms with E-state index >= 15 is 0 Å². The Morgan fingerprint density at radius 1 is 1.11 bits per heavy atom. The molecule has 0 amide bonds. The topological polar surface area (TPSA) is 24.5 Å². The maximum Gasteiger partial charge on any atom is 0.0565 e. The SMILES string of the molecule is CCC(CC)C(CNC1CC(C)OC(C)C1)N(C)C. The number of nitrogens with zero attached hydrogens (tertiary/aromatic N) is 1. The molecule has 0 aromatic carbocycles. The normalized spacial score (nSPS) is 30.0. The van der Waals surface area contributed by atoms with Crippen LogP contribution < -0.4 is 5.32 Å². The molecule has 0 aliphatic carbocycles. The smallest absolute Gasteiger partial charge is 0.0565 e. The predicted molar refractivity (Wildman–Crippen MR) is 82.6 cm³/mol. The molecule has 0 aromatic heterocycles. The van der Waals surface area contributed by atoms with Crippen LogP contribution in [0.5, 0.6) is 0 Å². The second-order valence-electron chi connectivity index (χ2n) is 6.44. The van der Waals surface area contributed by atoms with Gasteiger partial charge in [0.05, 0.1) is 12.2 Å². The lowest BCUT2D eigenvalue weighted by molar-refractivity contribution is -0.0429. The van der Waals surface area contributed by atoms with Crippen molar-refractivity contribution < 1.29 is 4.74 Å². The minimum Gasteiger partial charge on any atom is -0.375 e. The highest BCUT2D eigenvalue weighted by molar-refractivity contribution is 4.83. The predicted octanol–water partition coefficient (Wildman–Crippen LogP) is 2.90. The van der Waals surface area contributed by atoms with Crippen molar-refractivity contribution in [1.29, 1.82) is 0 Å². The second-order valence-corrected chi connectivity index (χ2v) is 6.44. The van der Waals surface area contributed by atoms with Crippen molar-refractivity contribution in [2.45, 2.75) is 77.7 Å². The van der Waals surface area contributed by atoms with Gasteiger partial charge >= 0.3 is 0 Å². The second kappa shape index (κ2) is 8.23. The van der Waals surface area contributed by atoms with E-state index in [-0.39, 0.29) is 0 Å². The van der Waals surface area contributed by atoms with Crippen LogP contribution >= 0.6 is 0 Å². The number of rotatable bonds is 7. The summed E-state index contributed by atoms with van der Waals surface area (Å²) in [6.07, 6.45) is 5.61. The lowest BCUT2D eigenvalue weighted by Gasteiger charge is -2.36. The highest BCUT2D eigenvalue weighted by Crippen LogP contribution is 2.21. The fourth-order valence-corrected chi connectivity index (χ4v) is 3.46. The van der Waals surface area contributed by atoms with E-state index in [2.05, 4.69) is 52.0 Å². The van der Waals surface area contributed by atoms with Crippen molar-refractivity contribution in [3.8, 4) is 0 Å². The highest BCUT2D eigenvalue weighted by atomic mass is 16.5. The van der Waals surface area contributed by atoms with E-state index in [1.165, 1.54) is 12.8 Å². The lowest BCUT2D eigenvalue weighted by Crippen LogP contribution is -2.49. The van der Waals surface area contributed by atoms with Crippen molar-refractivity contribution >= 4 is 0 Å². The Morgan fingerprint density at radius 3 is 2.05 bits per heavy atom. The molecular weight excluding hydrogens is 236 g/mol. The Morgan fingerprint density at radius 2 is 1.63 bits per heavy atom. The number of nitrogens with one attached hydrogen (secondary N) is 1. The van der Waals surface area contributed by atoms with Crippen molar-refractivity contribution in [2.75, 3.05) is 20.6 Å². The van der Waals surface area contributed by atoms with Crippen molar-refractivity contribution in [3.05, 3.63) is 0 Å². The van der Waals surface area contributed by atoms with Gasteiger partial charge in [-0.3, -0.25) is 0 Å². The summed E-state index contributed by atoms with van der Waals surface area (Å²) in [6.45, 7) is 10.1. The number of likely N-dealkylation sites (N-methyl/N-ethyl adjacent to an activating group) is 1. The third-order valence-corrected chi connectivity index (χ3v) is 4.57. The van der Waals surface area contributed by atoms with Crippen molar-refractivity contribution in [2.24, 2.45) is 5.92 Å². The molecule has 0 bridgehead atoms. The molecule has 3 heteroatoms. The zero-order valence-corrected chi connectivity index (χ0v) is 13.8. The number of hydrogen-bond donors (Lipinski definition) is 1. The van der Waals surface area contributed by atoms with Crippen LogP contribution in [0.4, 0.5) is 0 Å². The fourth-order valence-electron chi connectivity index (χ4n) is 3.46. The van der Waals surface area contributed by atoms with Gasteiger partial charge in [-0.15, -0.1) is 0 Å². The van der Waals surface area contributed by atoms with Gasteiger partial charge in [0.25, 0.3) is 0 Å². The van der Waals surface area contributed by atoms with Gasteiger partial charge in [0.1, 0.15) is 0 Å². The summed E-state index contributed by atoms with van der Waals surface area (Å²) in [7, 11) is 4.42. The van der Waals surface area contributed by atoms with E-state index < -0.39 is 0 Å². The zero-order chi connectivity index (χ0) is 14.4. The van der Waals surface area contributed by atoms with Crippen LogP contribution in [0.15, 0.2) is 0 Å². The van der Waals surface area contributed by atoms with Gasteiger partial charge in [-0.25, -0.2) is 0 Å². The third kappa shape index (κ3) is 5.41. The summed E-state index contributed by atoms with van der Waals surface area (Å²) in [4.78, 5) is 2.39. The van der Waals surface area contributed by atoms with Gasteiger partial charge < -0.3 is 15.0 Å². The molecule has 0 spiro atoms. The van der Waals surface area contributed by atoms with Gasteiger partial charge in [0.15, 0.2) is 0 Å². The Bertz CT molecular complexity index is 231. The molecule has 19 heavy (non-hydrogen) atoms. The van der Waals surface area contributed by atoms with Crippen LogP contribution in [0.25, 0.3) is 0 Å². The van der Waals surface area contributed by atoms with Gasteiger partial charge in [-0.05, 0) is 46.7 Å². The molecule has 1 aliphatic rings. The van der Waals surface area contributed by atoms with E-state index in [0.717, 1.165) is 25.3 Å². The molecule has 1 N–H and O–H groups in total. The van der Waals surface area contributed by atoms with Crippen LogP contribution in [0.3, 0.4) is 0 Å². The first-order chi connectivity index (χ1) is 8.97. The van der Waals surface area contributed by atoms with E-state index in [4.69, 9.17) is 4.74 Å². The van der Waals surface area contributed by atoms with Crippen molar-refractivity contribution in [1.82, 2.24) is 10.2 Å². The van der Waals surface area contributed by atoms with Crippen molar-refractivity contribution in [3.63, 3.8) is 0 Å². The monoisotopic (exact) mass is 270 g/mol. The van der Waals surface area contributed by atoms with Crippen LogP contribution in [-0.4, -0.2) is 49.8 Å². The molecule has 0 aromatic rings. The van der Waals surface area contributed by atoms with Crippen LogP contribution in [-0.2, 0) is 4.74 Å². The molecule has 114 valence electrons. The van der Waals surface area contributed by atoms with Gasteiger partial charge in [-0.2, -0.15) is 0 Å². The van der Waals surface area contributed by atoms with Gasteiger partial charge in [0.2, 0.25) is 0 Å². The van der Waals surface area contributed by atoms with E-state index in [1.807, 2.05) is 0 Å². The Labute approximate surface area is 120 Å². The molecule has 1 fully saturated rings. The first-order valence-electron chi connectivity index (χ1n) is 8.03. The van der Waals surface area contributed by atoms with Crippen LogP contribution in [0.2, 0.25) is 0 Å². The first-order valence-corrected chi connectivity index (χ1v) is 8.03. The summed E-state index contributed by atoms with van der Waals surface area (Å²) in [6, 6.07) is 1.26. The molecule has 1 heterocycles. The summed E-state index contributed by atoms with van der Waals surface area (Å²) >= 11 is 0. The lowest BCUT2D eigenvalue weighted by atomic mass is 9.92. The summed E-state index contributed by atoms with van der Waals surface area (Å²) in [5, 5.41) is 3.79. The van der Waals surface area contributed by atoms with E-state index in [0.29, 0.717) is 24.3 Å². The number of ether oxygens (including phenoxy) is 1. The summed E-state index contributed by atoms with van der Waals surface area (Å²) in [5.41, 5.74) is 0. The Hall–Kier alpha value is -0.120. The molecule has 1 saturated heterocycles. The summed E-state index contributed by atoms with van der Waals surface area (Å²) < 4.78 is 5.81. The Kier molecular flexibility index (Phi) is 7.33. The largest absolute Gasteiger partial charge is 0.375 e. The molecule has 3 nitrogen and oxygen atoms in total. The third-order valence-electron chi connectivity index (χ3n) is 4.57. The minimum atomic E-state index is 0.396.